The molecule has 1 amide bonds. The van der Waals surface area contributed by atoms with E-state index < -0.39 is 362 Å². The number of carbonyl (C=O) groups excluding carboxylic acids is 1. The Bertz CT molecular complexity index is 3290. The summed E-state index contributed by atoms with van der Waals surface area (Å²) in [5.74, 6) is -0.787. The van der Waals surface area contributed by atoms with E-state index in [0.717, 1.165) is 11.8 Å². The molecule has 0 spiro atoms. The van der Waals surface area contributed by atoms with Crippen molar-refractivity contribution in [2.45, 2.75) is 336 Å². The summed E-state index contributed by atoms with van der Waals surface area (Å²) in [5, 5.41) is 296. The first-order chi connectivity index (χ1) is 57.4. The van der Waals surface area contributed by atoms with Gasteiger partial charge in [0.15, 0.2) is 73.2 Å². The smallest absolute Gasteiger partial charge is 0.362 e. The lowest BCUT2D eigenvalue weighted by atomic mass is 9.95. The molecule has 51 nitrogen and oxygen atoms in total. The lowest BCUT2D eigenvalue weighted by molar-refractivity contribution is -0.396. The van der Waals surface area contributed by atoms with Crippen LogP contribution in [0.3, 0.4) is 0 Å². The van der Waals surface area contributed by atoms with E-state index in [9.17, 15) is 138 Å². The first-order valence-electron chi connectivity index (χ1n) is 39.8. The van der Waals surface area contributed by atoms with Crippen LogP contribution in [0, 0.1) is 0 Å². The van der Waals surface area contributed by atoms with Crippen molar-refractivity contribution >= 4 is 31.8 Å². The summed E-state index contributed by atoms with van der Waals surface area (Å²) in [4.78, 5) is 14.4. The third-order valence-corrected chi connectivity index (χ3v) is 28.9. The molecule has 43 atom stereocenters. The SMILES string of the molecule is CC(=O)N(Cc1cn(CC(O)COCCC[Si](O[Si](C)(C)C)O[Si](C)(C)C)nn1)[C@H]1O[C@H](CO)[C@@H](O[C@@H]2OC(CO[C@@H]3OC[C@H](O)[C@H](O)C3OC3OC(CO)[C@H](O)[C@H](O)[C@H]3O)[C@H](O[C@H]3O[C@H](CO[C@@H]4OC[C@H](O)C(O)C4O[C@@H]4OC(CO)[C@H](O)[C@H](O)C4O)[C@@H](O[C@@H]4OC(CO[C@@H]5OC[C@H](O)[C@H](O)C5O)[C@H](O)[C@H](O)C4O)C(O)C3O)[C@H](O)C2O)C(O)C1O. The van der Waals surface area contributed by atoms with E-state index in [-0.39, 0.29) is 18.8 Å². The Morgan fingerprint density at radius 3 is 1.24 bits per heavy atom. The van der Waals surface area contributed by atoms with Crippen LogP contribution in [0.1, 0.15) is 19.0 Å². The summed E-state index contributed by atoms with van der Waals surface area (Å²) in [7, 11) is -5.38. The maximum absolute atomic E-state index is 13.5. The van der Waals surface area contributed by atoms with Crippen LogP contribution in [0.15, 0.2) is 6.20 Å². The van der Waals surface area contributed by atoms with Gasteiger partial charge in [-0.1, -0.05) is 5.21 Å². The van der Waals surface area contributed by atoms with E-state index in [1.807, 2.05) is 0 Å². The molecule has 0 bridgehead atoms. The van der Waals surface area contributed by atoms with Gasteiger partial charge in [0.2, 0.25) is 5.91 Å². The van der Waals surface area contributed by atoms with Gasteiger partial charge >= 0.3 is 9.28 Å². The molecule has 9 saturated heterocycles. The number of ether oxygens (including phenoxy) is 18. The monoisotopic (exact) mass is 1830 g/mol. The van der Waals surface area contributed by atoms with Crippen molar-refractivity contribution in [3.05, 3.63) is 11.9 Å². The van der Waals surface area contributed by atoms with Crippen LogP contribution in [-0.2, 0) is 111 Å². The van der Waals surface area contributed by atoms with Crippen molar-refractivity contribution in [2.24, 2.45) is 0 Å². The number of hydrogen-bond donors (Lipinski definition) is 26. The minimum absolute atomic E-state index is 0.0734. The molecular weight excluding hydrogens is 1710 g/mol. The fraction of sp³-hybridized carbons (Fsp3) is 0.956. The summed E-state index contributed by atoms with van der Waals surface area (Å²) >= 11 is 0. The van der Waals surface area contributed by atoms with Crippen LogP contribution in [0.2, 0.25) is 45.3 Å². The molecular formula is C68H121N4O47Si3. The van der Waals surface area contributed by atoms with Crippen LogP contribution in [0.25, 0.3) is 0 Å². The highest BCUT2D eigenvalue weighted by atomic mass is 28.4. The van der Waals surface area contributed by atoms with Gasteiger partial charge in [0.05, 0.1) is 91.5 Å². The topological polar surface area (TPSA) is 762 Å². The predicted molar refractivity (Wildman–Crippen MR) is 394 cm³/mol. The molecule has 0 aliphatic carbocycles. The van der Waals surface area contributed by atoms with Gasteiger partial charge in [-0.15, -0.1) is 5.10 Å². The van der Waals surface area contributed by atoms with Gasteiger partial charge in [0, 0.05) is 13.5 Å². The van der Waals surface area contributed by atoms with Crippen molar-refractivity contribution < 1.29 is 231 Å². The molecule has 707 valence electrons. The molecule has 1 aromatic rings. The second-order valence-corrected chi connectivity index (χ2v) is 44.5. The van der Waals surface area contributed by atoms with E-state index in [2.05, 4.69) is 49.6 Å². The molecule has 9 aliphatic heterocycles. The van der Waals surface area contributed by atoms with Crippen LogP contribution in [0.4, 0.5) is 0 Å². The lowest BCUT2D eigenvalue weighted by Gasteiger charge is -2.50. The number of aliphatic hydroxyl groups excluding tert-OH is 26. The molecule has 9 aliphatic rings. The van der Waals surface area contributed by atoms with Gasteiger partial charge in [-0.05, 0) is 51.7 Å². The Kier molecular flexibility index (Phi) is 37.1. The average Bonchev–Trinajstić information content (AvgIpc) is 0.865. The highest BCUT2D eigenvalue weighted by Crippen LogP contribution is 2.39. The highest BCUT2D eigenvalue weighted by Gasteiger charge is 2.59. The molecule has 10 rings (SSSR count). The van der Waals surface area contributed by atoms with E-state index in [0.29, 0.717) is 19.1 Å². The van der Waals surface area contributed by atoms with E-state index >= 15 is 0 Å². The van der Waals surface area contributed by atoms with Crippen LogP contribution >= 0.6 is 0 Å². The van der Waals surface area contributed by atoms with Crippen LogP contribution in [0.5, 0.6) is 0 Å². The molecule has 122 heavy (non-hydrogen) atoms. The van der Waals surface area contributed by atoms with Gasteiger partial charge in [0.1, 0.15) is 207 Å². The molecule has 17 unspecified atom stereocenters. The second-order valence-electron chi connectivity index (χ2n) is 33.2. The number of amides is 1. The van der Waals surface area contributed by atoms with Crippen LogP contribution < -0.4 is 0 Å². The number of hydrogen-bond acceptors (Lipinski definition) is 49. The Morgan fingerprint density at radius 1 is 0.443 bits per heavy atom. The molecule has 0 saturated carbocycles. The molecule has 0 aromatic carbocycles. The second kappa shape index (κ2) is 44.6. The summed E-state index contributed by atoms with van der Waals surface area (Å²) in [6.07, 6.45) is -85.3. The van der Waals surface area contributed by atoms with Crippen molar-refractivity contribution in [1.82, 2.24) is 19.9 Å². The molecule has 10 heterocycles. The first kappa shape index (κ1) is 102. The Morgan fingerprint density at radius 2 is 0.803 bits per heavy atom. The Labute approximate surface area is 700 Å². The van der Waals surface area contributed by atoms with Gasteiger partial charge in [-0.2, -0.15) is 0 Å². The largest absolute Gasteiger partial charge is 0.436 e. The summed E-state index contributed by atoms with van der Waals surface area (Å²) in [6.45, 7) is 5.03. The fourth-order valence-electron chi connectivity index (χ4n) is 14.7. The number of nitrogens with zero attached hydrogens (tertiary/aromatic N) is 4. The fourth-order valence-corrected chi connectivity index (χ4v) is 22.0. The minimum atomic E-state index is -2.53. The van der Waals surface area contributed by atoms with E-state index in [1.165, 1.54) is 10.9 Å². The maximum Gasteiger partial charge on any atom is 0.362 e. The van der Waals surface area contributed by atoms with Gasteiger partial charge in [-0.3, -0.25) is 4.79 Å². The van der Waals surface area contributed by atoms with Crippen molar-refractivity contribution in [2.75, 3.05) is 72.7 Å². The zero-order valence-electron chi connectivity index (χ0n) is 67.5. The Hall–Kier alpha value is -2.58. The third kappa shape index (κ3) is 25.0. The standard InChI is InChI=1S/C68H121N4O47Si3/c1-24(76)72(12-25-11-71(70-69-25)13-26(77)17-100-9-8-10-120(118-121(2,3)4)119-122(5,6)7)60-48(93)45(90)55(32(16-75)107-60)113-65-53(98)46(91)57(35(111-65)23-106-68-59(38(83)29(80)20-103-68)117-63-51(96)43(88)40(85)31(15-74)109-63)115-66-54(99)47(92)56(114-64-52(97)44(89)41(86)33(110-64)21-104-61-49(94)36(81)27(78)18-101-61)34(112-66)22-105-67-58(37(82)28(79)19-102-67)116-62-50(95)42(87)39(84)30(14-73)108-62/h11,26-68,73-75,77-99H,8-10,12-23H2,1-7H3/t26?,27-,28-,29-,30?,31?,32+,33?,34+,35?,36-,37?,38-,39-,40-,41-,42-,43-,44-,45?,46+,47?,48?,49?,50?,51+,52?,53?,54?,55+,56+,57-,58?,59?,60-,61-,62-,63?,64-,65-,66+,67-,68-/m0/s1. The zero-order chi connectivity index (χ0) is 89.6. The third-order valence-electron chi connectivity index (χ3n) is 21.4. The Balaban J connectivity index is 0.897. The number of carbonyl (C=O) groups is 1. The quantitative estimate of drug-likeness (QED) is 0.0217. The normalized spacial score (nSPS) is 44.9. The molecule has 9 fully saturated rings. The van der Waals surface area contributed by atoms with Crippen molar-refractivity contribution in [3.63, 3.8) is 0 Å². The van der Waals surface area contributed by atoms with Crippen molar-refractivity contribution in [3.8, 4) is 0 Å². The minimum Gasteiger partial charge on any atom is -0.436 e. The average molecular weight is 1830 g/mol. The molecule has 1 aromatic heterocycles. The number of aliphatic hydroxyl groups is 26. The summed E-state index contributed by atoms with van der Waals surface area (Å²) < 4.78 is 119. The highest BCUT2D eigenvalue weighted by molar-refractivity contribution is 6.81. The molecule has 26 N–H and O–H groups in total. The van der Waals surface area contributed by atoms with E-state index in [4.69, 9.17) is 93.5 Å². The lowest BCUT2D eigenvalue weighted by Crippen LogP contribution is -2.68. The molecule has 54 heteroatoms. The first-order valence-corrected chi connectivity index (χ1v) is 48.1. The summed E-state index contributed by atoms with van der Waals surface area (Å²) in [6, 6.07) is 0.663. The zero-order valence-corrected chi connectivity index (χ0v) is 70.5. The molecule has 1 radical (unpaired) electrons. The summed E-state index contributed by atoms with van der Waals surface area (Å²) in [5.41, 5.74) is 0.0734. The predicted octanol–water partition coefficient (Wildman–Crippen LogP) is -16.1. The number of rotatable bonds is 37. The van der Waals surface area contributed by atoms with Gasteiger partial charge in [0.25, 0.3) is 0 Å². The maximum atomic E-state index is 13.5. The van der Waals surface area contributed by atoms with Gasteiger partial charge < -0.3 is 231 Å². The van der Waals surface area contributed by atoms with E-state index in [1.54, 1.807) is 0 Å². The van der Waals surface area contributed by atoms with Crippen LogP contribution in [-0.4, -0.2) is 521 Å². The number of aromatic nitrogens is 3. The van der Waals surface area contributed by atoms with Crippen molar-refractivity contribution in [1.29, 1.82) is 0 Å². The van der Waals surface area contributed by atoms with Gasteiger partial charge in [-0.25, -0.2) is 4.68 Å².